The highest BCUT2D eigenvalue weighted by Gasteiger charge is 2.01. The van der Waals surface area contributed by atoms with Crippen LogP contribution in [0, 0.1) is 0 Å². The molecule has 0 aromatic heterocycles. The van der Waals surface area contributed by atoms with Crippen molar-refractivity contribution < 1.29 is 14.2 Å². The van der Waals surface area contributed by atoms with Gasteiger partial charge in [-0.2, -0.15) is 5.10 Å². The molecule has 0 bridgehead atoms. The molecule has 2 aromatic rings. The van der Waals surface area contributed by atoms with E-state index in [0.29, 0.717) is 23.2 Å². The van der Waals surface area contributed by atoms with Crippen LogP contribution in [-0.4, -0.2) is 32.2 Å². The Hall–Kier alpha value is -2.80. The Balaban J connectivity index is 1.91. The van der Waals surface area contributed by atoms with Gasteiger partial charge >= 0.3 is 0 Å². The lowest BCUT2D eigenvalue weighted by Gasteiger charge is -2.08. The molecule has 0 aliphatic rings. The third kappa shape index (κ3) is 5.96. The van der Waals surface area contributed by atoms with Crippen LogP contribution in [0.15, 0.2) is 47.6 Å². The van der Waals surface area contributed by atoms with Crippen LogP contribution in [0.5, 0.6) is 17.2 Å². The summed E-state index contributed by atoms with van der Waals surface area (Å²) < 4.78 is 15.8. The van der Waals surface area contributed by atoms with Gasteiger partial charge in [-0.25, -0.2) is 0 Å². The SMILES string of the molecule is CCOc1ccc(NC(=S)N/N=C\c2cc(OC)cc(OC)c2)cc1. The predicted molar refractivity (Wildman–Crippen MR) is 104 cm³/mol. The summed E-state index contributed by atoms with van der Waals surface area (Å²) in [5.41, 5.74) is 4.44. The van der Waals surface area contributed by atoms with Crippen molar-refractivity contribution in [2.45, 2.75) is 6.92 Å². The summed E-state index contributed by atoms with van der Waals surface area (Å²) in [7, 11) is 3.20. The Kier molecular flexibility index (Phi) is 7.03. The third-order valence-corrected chi connectivity index (χ3v) is 3.37. The molecule has 2 N–H and O–H groups in total. The first kappa shape index (κ1) is 18.5. The van der Waals surface area contributed by atoms with E-state index >= 15 is 0 Å². The van der Waals surface area contributed by atoms with Gasteiger partial charge in [-0.05, 0) is 55.5 Å². The molecule has 0 spiro atoms. The van der Waals surface area contributed by atoms with E-state index in [1.165, 1.54) is 0 Å². The fraction of sp³-hybridized carbons (Fsp3) is 0.222. The molecule has 0 radical (unpaired) electrons. The minimum atomic E-state index is 0.385. The maximum absolute atomic E-state index is 5.40. The zero-order valence-electron chi connectivity index (χ0n) is 14.4. The van der Waals surface area contributed by atoms with Gasteiger partial charge in [-0.3, -0.25) is 5.43 Å². The number of thiocarbonyl (C=S) groups is 1. The van der Waals surface area contributed by atoms with E-state index in [0.717, 1.165) is 17.0 Å². The number of nitrogens with zero attached hydrogens (tertiary/aromatic N) is 1. The molecule has 25 heavy (non-hydrogen) atoms. The molecule has 0 atom stereocenters. The van der Waals surface area contributed by atoms with Crippen molar-refractivity contribution in [3.05, 3.63) is 48.0 Å². The second kappa shape index (κ2) is 9.48. The molecule has 7 heteroatoms. The van der Waals surface area contributed by atoms with E-state index in [9.17, 15) is 0 Å². The van der Waals surface area contributed by atoms with Gasteiger partial charge in [0.05, 0.1) is 27.0 Å². The Morgan fingerprint density at radius 1 is 1.04 bits per heavy atom. The summed E-state index contributed by atoms with van der Waals surface area (Å²) in [5.74, 6) is 2.20. The molecule has 2 aromatic carbocycles. The molecule has 0 fully saturated rings. The Bertz CT molecular complexity index is 711. The molecule has 0 aliphatic heterocycles. The fourth-order valence-electron chi connectivity index (χ4n) is 2.03. The molecule has 0 aliphatic carbocycles. The number of hydrogen-bond acceptors (Lipinski definition) is 5. The van der Waals surface area contributed by atoms with Gasteiger partial charge in [0.2, 0.25) is 0 Å². The number of anilines is 1. The second-order valence-corrected chi connectivity index (χ2v) is 5.34. The van der Waals surface area contributed by atoms with Crippen molar-refractivity contribution in [3.63, 3.8) is 0 Å². The zero-order chi connectivity index (χ0) is 18.1. The predicted octanol–water partition coefficient (Wildman–Crippen LogP) is 3.42. The van der Waals surface area contributed by atoms with Crippen LogP contribution in [0.3, 0.4) is 0 Å². The quantitative estimate of drug-likeness (QED) is 0.449. The molecular weight excluding hydrogens is 338 g/mol. The Labute approximate surface area is 152 Å². The monoisotopic (exact) mass is 359 g/mol. The van der Waals surface area contributed by atoms with Gasteiger partial charge in [-0.1, -0.05) is 0 Å². The zero-order valence-corrected chi connectivity index (χ0v) is 15.2. The normalized spacial score (nSPS) is 10.4. The van der Waals surface area contributed by atoms with Crippen LogP contribution in [0.25, 0.3) is 0 Å². The van der Waals surface area contributed by atoms with Crippen LogP contribution in [-0.2, 0) is 0 Å². The molecule has 2 rings (SSSR count). The smallest absolute Gasteiger partial charge is 0.191 e. The first-order valence-electron chi connectivity index (χ1n) is 7.70. The number of benzene rings is 2. The molecule has 0 heterocycles. The Morgan fingerprint density at radius 2 is 1.68 bits per heavy atom. The van der Waals surface area contributed by atoms with Crippen LogP contribution in [0.4, 0.5) is 5.69 Å². The third-order valence-electron chi connectivity index (χ3n) is 3.18. The summed E-state index contributed by atoms with van der Waals surface area (Å²) in [6.07, 6.45) is 1.64. The summed E-state index contributed by atoms with van der Waals surface area (Å²) in [4.78, 5) is 0. The van der Waals surface area contributed by atoms with E-state index < -0.39 is 0 Å². The maximum Gasteiger partial charge on any atom is 0.191 e. The average molecular weight is 359 g/mol. The topological polar surface area (TPSA) is 64.1 Å². The lowest BCUT2D eigenvalue weighted by Crippen LogP contribution is -2.23. The van der Waals surface area contributed by atoms with Gasteiger partial charge in [-0.15, -0.1) is 0 Å². The van der Waals surface area contributed by atoms with Gasteiger partial charge in [0, 0.05) is 17.3 Å². The second-order valence-electron chi connectivity index (χ2n) is 4.93. The van der Waals surface area contributed by atoms with Crippen LogP contribution >= 0.6 is 12.2 Å². The van der Waals surface area contributed by atoms with Gasteiger partial charge in [0.25, 0.3) is 0 Å². The number of hydrogen-bond donors (Lipinski definition) is 2. The fourth-order valence-corrected chi connectivity index (χ4v) is 2.20. The molecule has 0 saturated carbocycles. The van der Waals surface area contributed by atoms with Crippen molar-refractivity contribution in [2.24, 2.45) is 5.10 Å². The van der Waals surface area contributed by atoms with Crippen molar-refractivity contribution in [3.8, 4) is 17.2 Å². The largest absolute Gasteiger partial charge is 0.497 e. The van der Waals surface area contributed by atoms with E-state index in [1.807, 2.05) is 43.3 Å². The standard InChI is InChI=1S/C18H21N3O3S/c1-4-24-15-7-5-14(6-8-15)20-18(25)21-19-12-13-9-16(22-2)11-17(10-13)23-3/h5-12H,4H2,1-3H3,(H2,20,21,25)/b19-12-. The van der Waals surface area contributed by atoms with E-state index in [2.05, 4.69) is 15.8 Å². The maximum atomic E-state index is 5.40. The van der Waals surface area contributed by atoms with Crippen molar-refractivity contribution >= 4 is 29.2 Å². The van der Waals surface area contributed by atoms with Crippen LogP contribution < -0.4 is 25.0 Å². The van der Waals surface area contributed by atoms with Crippen molar-refractivity contribution in [2.75, 3.05) is 26.1 Å². The Morgan fingerprint density at radius 3 is 2.24 bits per heavy atom. The minimum absolute atomic E-state index is 0.385. The van der Waals surface area contributed by atoms with Gasteiger partial charge in [0.15, 0.2) is 5.11 Å². The number of nitrogens with one attached hydrogen (secondary N) is 2. The average Bonchev–Trinajstić information content (AvgIpc) is 2.63. The molecule has 0 unspecified atom stereocenters. The summed E-state index contributed by atoms with van der Waals surface area (Å²) >= 11 is 5.22. The van der Waals surface area contributed by atoms with Crippen LogP contribution in [0.2, 0.25) is 0 Å². The van der Waals surface area contributed by atoms with Crippen molar-refractivity contribution in [1.82, 2.24) is 5.43 Å². The summed E-state index contributed by atoms with van der Waals surface area (Å²) in [6, 6.07) is 13.0. The first-order chi connectivity index (χ1) is 12.1. The highest BCUT2D eigenvalue weighted by molar-refractivity contribution is 7.80. The lowest BCUT2D eigenvalue weighted by atomic mass is 10.2. The number of methoxy groups -OCH3 is 2. The number of ether oxygens (including phenoxy) is 3. The molecule has 0 saturated heterocycles. The van der Waals surface area contributed by atoms with E-state index in [1.54, 1.807) is 26.5 Å². The number of hydrazone groups is 1. The minimum Gasteiger partial charge on any atom is -0.497 e. The van der Waals surface area contributed by atoms with Gasteiger partial charge in [0.1, 0.15) is 17.2 Å². The van der Waals surface area contributed by atoms with Gasteiger partial charge < -0.3 is 19.5 Å². The lowest BCUT2D eigenvalue weighted by molar-refractivity contribution is 0.340. The molecular formula is C18H21N3O3S. The highest BCUT2D eigenvalue weighted by atomic mass is 32.1. The summed E-state index contributed by atoms with van der Waals surface area (Å²) in [5, 5.41) is 7.55. The summed E-state index contributed by atoms with van der Waals surface area (Å²) in [6.45, 7) is 2.58. The van der Waals surface area contributed by atoms with E-state index in [4.69, 9.17) is 26.4 Å². The van der Waals surface area contributed by atoms with Crippen LogP contribution in [0.1, 0.15) is 12.5 Å². The van der Waals surface area contributed by atoms with Crippen molar-refractivity contribution in [1.29, 1.82) is 0 Å². The molecule has 132 valence electrons. The van der Waals surface area contributed by atoms with E-state index in [-0.39, 0.29) is 0 Å². The number of rotatable bonds is 7. The highest BCUT2D eigenvalue weighted by Crippen LogP contribution is 2.21. The molecule has 6 nitrogen and oxygen atoms in total. The first-order valence-corrected chi connectivity index (χ1v) is 8.11. The molecule has 0 amide bonds.